The molecule has 5 rings (SSSR count). The quantitative estimate of drug-likeness (QED) is 0.514. The van der Waals surface area contributed by atoms with Crippen molar-refractivity contribution < 1.29 is 4.74 Å². The molecule has 0 unspecified atom stereocenters. The summed E-state index contributed by atoms with van der Waals surface area (Å²) in [5.74, 6) is 0.994. The van der Waals surface area contributed by atoms with Crippen LogP contribution in [0, 0.1) is 6.92 Å². The van der Waals surface area contributed by atoms with Crippen molar-refractivity contribution in [3.05, 3.63) is 58.9 Å². The Morgan fingerprint density at radius 2 is 2.00 bits per heavy atom. The summed E-state index contributed by atoms with van der Waals surface area (Å²) in [7, 11) is 0. The van der Waals surface area contributed by atoms with Gasteiger partial charge in [0.1, 0.15) is 5.75 Å². The second-order valence-electron chi connectivity index (χ2n) is 6.24. The van der Waals surface area contributed by atoms with Crippen molar-refractivity contribution >= 4 is 33.4 Å². The van der Waals surface area contributed by atoms with E-state index in [4.69, 9.17) is 16.3 Å². The normalized spacial score (nSPS) is 13.4. The molecule has 0 amide bonds. The lowest BCUT2D eigenvalue weighted by Gasteiger charge is -2.07. The number of rotatable bonds is 1. The maximum absolute atomic E-state index is 6.43. The highest BCUT2D eigenvalue weighted by molar-refractivity contribution is 6.32. The molecule has 2 aromatic heterocycles. The Hall–Kier alpha value is -2.52. The van der Waals surface area contributed by atoms with Gasteiger partial charge >= 0.3 is 0 Å². The highest BCUT2D eigenvalue weighted by Crippen LogP contribution is 2.38. The van der Waals surface area contributed by atoms with Crippen LogP contribution in [0.1, 0.15) is 11.3 Å². The standard InChI is InChI=1S/C20H15ClN2O/c1-11-19-15(4-6-22-11)17-10-14(21)9-16(20(17)23-19)12-2-3-18-13(8-12)5-7-24-18/h2-4,6,8-10,23H,5,7H2,1H3. The Balaban J connectivity index is 1.85. The van der Waals surface area contributed by atoms with Gasteiger partial charge in [-0.05, 0) is 48.4 Å². The van der Waals surface area contributed by atoms with Crippen LogP contribution < -0.4 is 4.74 Å². The van der Waals surface area contributed by atoms with E-state index in [9.17, 15) is 0 Å². The molecule has 0 spiro atoms. The number of fused-ring (bicyclic) bond motifs is 4. The zero-order valence-electron chi connectivity index (χ0n) is 13.2. The predicted octanol–water partition coefficient (Wildman–Crippen LogP) is 5.28. The molecule has 0 atom stereocenters. The first-order valence-electron chi connectivity index (χ1n) is 8.03. The zero-order valence-corrected chi connectivity index (χ0v) is 13.9. The third-order valence-electron chi connectivity index (χ3n) is 4.78. The number of aromatic nitrogens is 2. The number of aromatic amines is 1. The van der Waals surface area contributed by atoms with E-state index in [0.29, 0.717) is 0 Å². The summed E-state index contributed by atoms with van der Waals surface area (Å²) in [5.41, 5.74) is 6.69. The lowest BCUT2D eigenvalue weighted by Crippen LogP contribution is -1.85. The smallest absolute Gasteiger partial charge is 0.122 e. The van der Waals surface area contributed by atoms with Crippen molar-refractivity contribution in [1.29, 1.82) is 0 Å². The molecule has 118 valence electrons. The second-order valence-corrected chi connectivity index (χ2v) is 6.68. The summed E-state index contributed by atoms with van der Waals surface area (Å²) in [6.07, 6.45) is 2.81. The first-order chi connectivity index (χ1) is 11.7. The molecular weight excluding hydrogens is 320 g/mol. The maximum atomic E-state index is 6.43. The average Bonchev–Trinajstić information content (AvgIpc) is 3.19. The molecule has 0 aliphatic carbocycles. The van der Waals surface area contributed by atoms with Crippen LogP contribution in [0.2, 0.25) is 5.02 Å². The number of pyridine rings is 1. The van der Waals surface area contributed by atoms with Crippen LogP contribution in [0.3, 0.4) is 0 Å². The Labute approximate surface area is 144 Å². The molecule has 1 N–H and O–H groups in total. The predicted molar refractivity (Wildman–Crippen MR) is 98.0 cm³/mol. The minimum Gasteiger partial charge on any atom is -0.493 e. The van der Waals surface area contributed by atoms with Gasteiger partial charge in [0.2, 0.25) is 0 Å². The van der Waals surface area contributed by atoms with E-state index in [-0.39, 0.29) is 0 Å². The fraction of sp³-hybridized carbons (Fsp3) is 0.150. The van der Waals surface area contributed by atoms with E-state index in [1.165, 1.54) is 5.56 Å². The number of hydrogen-bond acceptors (Lipinski definition) is 2. The topological polar surface area (TPSA) is 37.9 Å². The van der Waals surface area contributed by atoms with Crippen molar-refractivity contribution in [3.63, 3.8) is 0 Å². The molecule has 3 heterocycles. The van der Waals surface area contributed by atoms with Gasteiger partial charge < -0.3 is 9.72 Å². The van der Waals surface area contributed by atoms with Crippen LogP contribution >= 0.6 is 11.6 Å². The van der Waals surface area contributed by atoms with Crippen molar-refractivity contribution in [1.82, 2.24) is 9.97 Å². The largest absolute Gasteiger partial charge is 0.493 e. The molecular formula is C20H15ClN2O. The molecule has 1 aliphatic heterocycles. The van der Waals surface area contributed by atoms with E-state index >= 15 is 0 Å². The summed E-state index contributed by atoms with van der Waals surface area (Å²) in [6.45, 7) is 2.78. The van der Waals surface area contributed by atoms with Crippen molar-refractivity contribution in [2.24, 2.45) is 0 Å². The van der Waals surface area contributed by atoms with Crippen LogP contribution in [0.15, 0.2) is 42.6 Å². The van der Waals surface area contributed by atoms with Crippen LogP contribution in [0.25, 0.3) is 32.9 Å². The fourth-order valence-electron chi connectivity index (χ4n) is 3.61. The SMILES string of the molecule is Cc1nccc2c1[nH]c1c(-c3ccc4c(c3)CCO4)cc(Cl)cc12. The lowest BCUT2D eigenvalue weighted by molar-refractivity contribution is 0.357. The van der Waals surface area contributed by atoms with E-state index < -0.39 is 0 Å². The first kappa shape index (κ1) is 13.9. The molecule has 4 aromatic rings. The maximum Gasteiger partial charge on any atom is 0.122 e. The molecule has 0 fully saturated rings. The van der Waals surface area contributed by atoms with Crippen LogP contribution in [0.4, 0.5) is 0 Å². The molecule has 0 saturated carbocycles. The van der Waals surface area contributed by atoms with Crippen LogP contribution in [-0.2, 0) is 6.42 Å². The Bertz CT molecular complexity index is 1110. The number of aryl methyl sites for hydroxylation is 1. The monoisotopic (exact) mass is 334 g/mol. The molecule has 0 saturated heterocycles. The van der Waals surface area contributed by atoms with E-state index in [2.05, 4.69) is 28.2 Å². The van der Waals surface area contributed by atoms with Crippen molar-refractivity contribution in [2.75, 3.05) is 6.61 Å². The number of hydrogen-bond donors (Lipinski definition) is 1. The molecule has 1 aliphatic rings. The Kier molecular flexibility index (Phi) is 2.88. The molecule has 3 nitrogen and oxygen atoms in total. The van der Waals surface area contributed by atoms with Gasteiger partial charge in [-0.2, -0.15) is 0 Å². The Morgan fingerprint density at radius 3 is 2.92 bits per heavy atom. The van der Waals surface area contributed by atoms with Crippen LogP contribution in [-0.4, -0.2) is 16.6 Å². The first-order valence-corrected chi connectivity index (χ1v) is 8.41. The van der Waals surface area contributed by atoms with E-state index in [1.54, 1.807) is 0 Å². The molecule has 24 heavy (non-hydrogen) atoms. The van der Waals surface area contributed by atoms with E-state index in [0.717, 1.165) is 62.4 Å². The third kappa shape index (κ3) is 1.95. The summed E-state index contributed by atoms with van der Waals surface area (Å²) in [6, 6.07) is 12.5. The fourth-order valence-corrected chi connectivity index (χ4v) is 3.83. The summed E-state index contributed by atoms with van der Waals surface area (Å²) >= 11 is 6.43. The summed E-state index contributed by atoms with van der Waals surface area (Å²) in [4.78, 5) is 7.95. The number of benzene rings is 2. The Morgan fingerprint density at radius 1 is 1.08 bits per heavy atom. The van der Waals surface area contributed by atoms with Gasteiger partial charge in [-0.3, -0.25) is 4.98 Å². The van der Waals surface area contributed by atoms with Gasteiger partial charge in [0.15, 0.2) is 0 Å². The van der Waals surface area contributed by atoms with Gasteiger partial charge in [-0.25, -0.2) is 0 Å². The molecule has 4 heteroatoms. The minimum atomic E-state index is 0.740. The van der Waals surface area contributed by atoms with Gasteiger partial charge in [-0.1, -0.05) is 17.7 Å². The van der Waals surface area contributed by atoms with Gasteiger partial charge in [-0.15, -0.1) is 0 Å². The van der Waals surface area contributed by atoms with Gasteiger partial charge in [0, 0.05) is 34.0 Å². The van der Waals surface area contributed by atoms with Gasteiger partial charge in [0.05, 0.1) is 23.3 Å². The third-order valence-corrected chi connectivity index (χ3v) is 5.00. The van der Waals surface area contributed by atoms with Crippen molar-refractivity contribution in [2.45, 2.75) is 13.3 Å². The minimum absolute atomic E-state index is 0.740. The number of H-pyrrole nitrogens is 1. The van der Waals surface area contributed by atoms with Gasteiger partial charge in [0.25, 0.3) is 0 Å². The number of nitrogens with one attached hydrogen (secondary N) is 1. The molecule has 0 radical (unpaired) electrons. The number of ether oxygens (including phenoxy) is 1. The number of nitrogens with zero attached hydrogens (tertiary/aromatic N) is 1. The van der Waals surface area contributed by atoms with Crippen LogP contribution in [0.5, 0.6) is 5.75 Å². The highest BCUT2D eigenvalue weighted by Gasteiger charge is 2.16. The molecule has 2 aromatic carbocycles. The summed E-state index contributed by atoms with van der Waals surface area (Å²) in [5, 5.41) is 3.03. The highest BCUT2D eigenvalue weighted by atomic mass is 35.5. The number of halogens is 1. The second kappa shape index (κ2) is 4.99. The average molecular weight is 335 g/mol. The zero-order chi connectivity index (χ0) is 16.3. The van der Waals surface area contributed by atoms with Crippen molar-refractivity contribution in [3.8, 4) is 16.9 Å². The lowest BCUT2D eigenvalue weighted by atomic mass is 9.99. The molecule has 0 bridgehead atoms. The summed E-state index contributed by atoms with van der Waals surface area (Å²) < 4.78 is 5.62. The van der Waals surface area contributed by atoms with E-state index in [1.807, 2.05) is 31.3 Å².